The molecule has 0 atom stereocenters. The third-order valence-corrected chi connectivity index (χ3v) is 3.85. The van der Waals surface area contributed by atoms with Crippen molar-refractivity contribution in [1.82, 2.24) is 9.97 Å². The Kier molecular flexibility index (Phi) is 5.37. The SMILES string of the molecule is CC(C)Nc1cc(C(C)(C)C)nc(Nc2ccc(Cl)c(Cl)c2)n1. The van der Waals surface area contributed by atoms with Crippen molar-refractivity contribution in [1.29, 1.82) is 0 Å². The second kappa shape index (κ2) is 6.93. The van der Waals surface area contributed by atoms with Gasteiger partial charge in [0.2, 0.25) is 5.95 Å². The maximum absolute atomic E-state index is 6.06. The lowest BCUT2D eigenvalue weighted by Gasteiger charge is -2.20. The zero-order valence-electron chi connectivity index (χ0n) is 14.0. The molecule has 0 aliphatic rings. The van der Waals surface area contributed by atoms with Gasteiger partial charge in [-0.3, -0.25) is 0 Å². The highest BCUT2D eigenvalue weighted by molar-refractivity contribution is 6.42. The summed E-state index contributed by atoms with van der Waals surface area (Å²) >= 11 is 12.0. The molecular formula is C17H22Cl2N4. The van der Waals surface area contributed by atoms with Gasteiger partial charge in [0.1, 0.15) is 5.82 Å². The van der Waals surface area contributed by atoms with E-state index in [-0.39, 0.29) is 11.5 Å². The molecule has 2 rings (SSSR count). The van der Waals surface area contributed by atoms with Crippen molar-refractivity contribution in [3.8, 4) is 0 Å². The summed E-state index contributed by atoms with van der Waals surface area (Å²) in [5, 5.41) is 7.53. The van der Waals surface area contributed by atoms with Crippen LogP contribution in [-0.4, -0.2) is 16.0 Å². The first kappa shape index (κ1) is 17.8. The minimum atomic E-state index is -0.0789. The van der Waals surface area contributed by atoms with Gasteiger partial charge in [-0.2, -0.15) is 4.98 Å². The molecule has 2 N–H and O–H groups in total. The van der Waals surface area contributed by atoms with Gasteiger partial charge < -0.3 is 10.6 Å². The maximum Gasteiger partial charge on any atom is 0.229 e. The molecule has 1 heterocycles. The summed E-state index contributed by atoms with van der Waals surface area (Å²) < 4.78 is 0. The second-order valence-corrected chi connectivity index (χ2v) is 7.58. The van der Waals surface area contributed by atoms with Crippen molar-refractivity contribution < 1.29 is 0 Å². The number of anilines is 3. The van der Waals surface area contributed by atoms with Gasteiger partial charge in [0.05, 0.1) is 15.7 Å². The molecular weight excluding hydrogens is 331 g/mol. The van der Waals surface area contributed by atoms with Crippen LogP contribution in [0.5, 0.6) is 0 Å². The Balaban J connectivity index is 2.37. The minimum absolute atomic E-state index is 0.0789. The molecule has 0 bridgehead atoms. The minimum Gasteiger partial charge on any atom is -0.368 e. The Morgan fingerprint density at radius 1 is 1.00 bits per heavy atom. The molecule has 0 amide bonds. The topological polar surface area (TPSA) is 49.8 Å². The van der Waals surface area contributed by atoms with E-state index in [1.807, 2.05) is 12.1 Å². The van der Waals surface area contributed by atoms with Crippen LogP contribution in [0.1, 0.15) is 40.3 Å². The largest absolute Gasteiger partial charge is 0.368 e. The molecule has 1 aromatic carbocycles. The van der Waals surface area contributed by atoms with E-state index >= 15 is 0 Å². The molecule has 0 saturated heterocycles. The molecule has 124 valence electrons. The second-order valence-electron chi connectivity index (χ2n) is 6.76. The smallest absolute Gasteiger partial charge is 0.229 e. The lowest BCUT2D eigenvalue weighted by Crippen LogP contribution is -2.18. The quantitative estimate of drug-likeness (QED) is 0.746. The third kappa shape index (κ3) is 4.98. The molecule has 1 aromatic heterocycles. The summed E-state index contributed by atoms with van der Waals surface area (Å²) in [7, 11) is 0. The van der Waals surface area contributed by atoms with Crippen molar-refractivity contribution in [2.45, 2.75) is 46.1 Å². The van der Waals surface area contributed by atoms with E-state index in [0.29, 0.717) is 16.0 Å². The fourth-order valence-corrected chi connectivity index (χ4v) is 2.26. The van der Waals surface area contributed by atoms with Crippen LogP contribution in [0, 0.1) is 0 Å². The zero-order chi connectivity index (χ0) is 17.2. The van der Waals surface area contributed by atoms with E-state index in [4.69, 9.17) is 23.2 Å². The molecule has 0 saturated carbocycles. The predicted octanol–water partition coefficient (Wildman–Crippen LogP) is 5.64. The van der Waals surface area contributed by atoms with Crippen LogP contribution in [0.3, 0.4) is 0 Å². The van der Waals surface area contributed by atoms with Crippen LogP contribution in [0.4, 0.5) is 17.5 Å². The average Bonchev–Trinajstić information content (AvgIpc) is 2.41. The Bertz CT molecular complexity index is 693. The fourth-order valence-electron chi connectivity index (χ4n) is 1.96. The maximum atomic E-state index is 6.06. The van der Waals surface area contributed by atoms with Crippen molar-refractivity contribution in [2.75, 3.05) is 10.6 Å². The van der Waals surface area contributed by atoms with Gasteiger partial charge in [-0.15, -0.1) is 0 Å². The first-order valence-electron chi connectivity index (χ1n) is 7.53. The van der Waals surface area contributed by atoms with Crippen molar-refractivity contribution in [3.05, 3.63) is 40.0 Å². The molecule has 2 aromatic rings. The highest BCUT2D eigenvalue weighted by Crippen LogP contribution is 2.28. The number of hydrogen-bond acceptors (Lipinski definition) is 4. The summed E-state index contributed by atoms with van der Waals surface area (Å²) in [6, 6.07) is 7.62. The molecule has 0 radical (unpaired) electrons. The van der Waals surface area contributed by atoms with E-state index < -0.39 is 0 Å². The number of benzene rings is 1. The highest BCUT2D eigenvalue weighted by Gasteiger charge is 2.18. The monoisotopic (exact) mass is 352 g/mol. The standard InChI is InChI=1S/C17H22Cl2N4/c1-10(2)20-15-9-14(17(3,4)5)22-16(23-15)21-11-6-7-12(18)13(19)8-11/h6-10H,1-5H3,(H2,20,21,22,23). The Hall–Kier alpha value is -1.52. The first-order chi connectivity index (χ1) is 10.6. The van der Waals surface area contributed by atoms with Gasteiger partial charge in [-0.1, -0.05) is 44.0 Å². The molecule has 4 nitrogen and oxygen atoms in total. The van der Waals surface area contributed by atoms with E-state index in [1.165, 1.54) is 0 Å². The summed E-state index contributed by atoms with van der Waals surface area (Å²) in [4.78, 5) is 9.15. The number of nitrogens with zero attached hydrogens (tertiary/aromatic N) is 2. The lowest BCUT2D eigenvalue weighted by molar-refractivity contribution is 0.568. The number of nitrogens with one attached hydrogen (secondary N) is 2. The lowest BCUT2D eigenvalue weighted by atomic mass is 9.92. The molecule has 23 heavy (non-hydrogen) atoms. The number of hydrogen-bond donors (Lipinski definition) is 2. The van der Waals surface area contributed by atoms with E-state index in [2.05, 4.69) is 55.2 Å². The summed E-state index contributed by atoms with van der Waals surface area (Å²) in [5.74, 6) is 1.32. The average molecular weight is 353 g/mol. The molecule has 0 aliphatic heterocycles. The highest BCUT2D eigenvalue weighted by atomic mass is 35.5. The molecule has 0 aliphatic carbocycles. The van der Waals surface area contributed by atoms with E-state index in [1.54, 1.807) is 12.1 Å². The number of rotatable bonds is 4. The van der Waals surface area contributed by atoms with Gasteiger partial charge in [0.25, 0.3) is 0 Å². The van der Waals surface area contributed by atoms with Gasteiger partial charge in [0, 0.05) is 23.2 Å². The van der Waals surface area contributed by atoms with Crippen LogP contribution in [0.15, 0.2) is 24.3 Å². The van der Waals surface area contributed by atoms with E-state index in [9.17, 15) is 0 Å². The number of aromatic nitrogens is 2. The van der Waals surface area contributed by atoms with Crippen LogP contribution < -0.4 is 10.6 Å². The van der Waals surface area contributed by atoms with Crippen molar-refractivity contribution in [3.63, 3.8) is 0 Å². The normalized spacial score (nSPS) is 11.7. The Morgan fingerprint density at radius 3 is 2.26 bits per heavy atom. The molecule has 0 unspecified atom stereocenters. The summed E-state index contributed by atoms with van der Waals surface area (Å²) in [5.41, 5.74) is 1.67. The molecule has 0 spiro atoms. The Labute approximate surface area is 147 Å². The summed E-state index contributed by atoms with van der Waals surface area (Å²) in [6.07, 6.45) is 0. The van der Waals surface area contributed by atoms with Crippen molar-refractivity contribution in [2.24, 2.45) is 0 Å². The Morgan fingerprint density at radius 2 is 1.70 bits per heavy atom. The molecule has 0 fully saturated rings. The fraction of sp³-hybridized carbons (Fsp3) is 0.412. The van der Waals surface area contributed by atoms with Crippen LogP contribution in [0.25, 0.3) is 0 Å². The van der Waals surface area contributed by atoms with E-state index in [0.717, 1.165) is 17.2 Å². The van der Waals surface area contributed by atoms with Crippen LogP contribution in [0.2, 0.25) is 10.0 Å². The van der Waals surface area contributed by atoms with Gasteiger partial charge in [0.15, 0.2) is 0 Å². The molecule has 6 heteroatoms. The van der Waals surface area contributed by atoms with Crippen molar-refractivity contribution >= 4 is 40.7 Å². The predicted molar refractivity (Wildman–Crippen MR) is 99.2 cm³/mol. The third-order valence-electron chi connectivity index (χ3n) is 3.11. The first-order valence-corrected chi connectivity index (χ1v) is 8.29. The van der Waals surface area contributed by atoms with Crippen LogP contribution >= 0.6 is 23.2 Å². The van der Waals surface area contributed by atoms with Crippen LogP contribution in [-0.2, 0) is 5.41 Å². The van der Waals surface area contributed by atoms with Gasteiger partial charge in [-0.05, 0) is 32.0 Å². The van der Waals surface area contributed by atoms with Gasteiger partial charge in [-0.25, -0.2) is 4.98 Å². The van der Waals surface area contributed by atoms with Gasteiger partial charge >= 0.3 is 0 Å². The number of halogens is 2. The zero-order valence-corrected chi connectivity index (χ0v) is 15.5. The summed E-state index contributed by atoms with van der Waals surface area (Å²) in [6.45, 7) is 10.5.